The normalized spacial score (nSPS) is 12.0. The molecular formula is C14H12F2N2O3. The zero-order chi connectivity index (χ0) is 15.6. The van der Waals surface area contributed by atoms with Gasteiger partial charge in [-0.2, -0.15) is 0 Å². The van der Waals surface area contributed by atoms with Crippen LogP contribution in [0.25, 0.3) is 0 Å². The van der Waals surface area contributed by atoms with E-state index in [-0.39, 0.29) is 11.4 Å². The third kappa shape index (κ3) is 3.25. The fourth-order valence-corrected chi connectivity index (χ4v) is 1.97. The van der Waals surface area contributed by atoms with Crippen LogP contribution >= 0.6 is 0 Å². The molecule has 7 heteroatoms. The molecule has 2 aromatic rings. The number of nitro benzene ring substituents is 1. The molecule has 0 heterocycles. The summed E-state index contributed by atoms with van der Waals surface area (Å²) in [4.78, 5) is 10.2. The Kier molecular flexibility index (Phi) is 4.02. The molecule has 0 aliphatic rings. The van der Waals surface area contributed by atoms with Gasteiger partial charge in [0.25, 0.3) is 5.69 Å². The topological polar surface area (TPSA) is 75.4 Å². The lowest BCUT2D eigenvalue weighted by Crippen LogP contribution is -2.09. The van der Waals surface area contributed by atoms with Crippen molar-refractivity contribution in [2.75, 3.05) is 5.32 Å². The number of nitrogens with one attached hydrogen (secondary N) is 1. The minimum Gasteiger partial charge on any atom is -0.507 e. The van der Waals surface area contributed by atoms with E-state index in [1.807, 2.05) is 0 Å². The average molecular weight is 294 g/mol. The van der Waals surface area contributed by atoms with Crippen molar-refractivity contribution in [3.8, 4) is 5.75 Å². The molecule has 5 nitrogen and oxygen atoms in total. The second-order valence-corrected chi connectivity index (χ2v) is 4.49. The molecule has 2 N–H and O–H groups in total. The lowest BCUT2D eigenvalue weighted by atomic mass is 10.1. The number of rotatable bonds is 4. The second-order valence-electron chi connectivity index (χ2n) is 4.49. The van der Waals surface area contributed by atoms with Crippen LogP contribution in [0.4, 0.5) is 20.2 Å². The average Bonchev–Trinajstić information content (AvgIpc) is 2.40. The molecule has 1 atom stereocenters. The van der Waals surface area contributed by atoms with Crippen molar-refractivity contribution < 1.29 is 18.8 Å². The van der Waals surface area contributed by atoms with Crippen LogP contribution in [-0.4, -0.2) is 10.0 Å². The molecule has 0 bridgehead atoms. The van der Waals surface area contributed by atoms with Gasteiger partial charge in [0.2, 0.25) is 0 Å². The van der Waals surface area contributed by atoms with Crippen molar-refractivity contribution in [1.29, 1.82) is 0 Å². The molecule has 0 saturated heterocycles. The number of nitrogens with zero attached hydrogens (tertiary/aromatic N) is 1. The van der Waals surface area contributed by atoms with E-state index in [0.717, 1.165) is 18.2 Å². The Morgan fingerprint density at radius 3 is 2.43 bits per heavy atom. The van der Waals surface area contributed by atoms with E-state index in [1.54, 1.807) is 6.92 Å². The van der Waals surface area contributed by atoms with E-state index in [4.69, 9.17) is 0 Å². The summed E-state index contributed by atoms with van der Waals surface area (Å²) in [5, 5.41) is 23.4. The number of hydrogen-bond acceptors (Lipinski definition) is 4. The quantitative estimate of drug-likeness (QED) is 0.665. The first-order chi connectivity index (χ1) is 9.88. The van der Waals surface area contributed by atoms with Gasteiger partial charge in [-0.15, -0.1) is 0 Å². The van der Waals surface area contributed by atoms with E-state index < -0.39 is 28.3 Å². The van der Waals surface area contributed by atoms with E-state index >= 15 is 0 Å². The van der Waals surface area contributed by atoms with Crippen LogP contribution < -0.4 is 5.32 Å². The molecule has 0 aliphatic carbocycles. The summed E-state index contributed by atoms with van der Waals surface area (Å²) in [7, 11) is 0. The first kappa shape index (κ1) is 14.7. The molecule has 2 aromatic carbocycles. The Balaban J connectivity index is 2.31. The van der Waals surface area contributed by atoms with Crippen LogP contribution in [0.3, 0.4) is 0 Å². The molecule has 21 heavy (non-hydrogen) atoms. The third-order valence-corrected chi connectivity index (χ3v) is 2.99. The molecule has 2 rings (SSSR count). The van der Waals surface area contributed by atoms with Gasteiger partial charge in [-0.1, -0.05) is 6.07 Å². The molecule has 0 aliphatic heterocycles. The van der Waals surface area contributed by atoms with Crippen LogP contribution in [0.15, 0.2) is 36.4 Å². The maximum atomic E-state index is 13.1. The standard InChI is InChI=1S/C14H12F2N2O3/c1-8(11-4-2-10(16)7-14(11)19)17-12-5-3-9(15)6-13(12)18(20)21/h2-8,17,19H,1H3. The molecule has 0 aromatic heterocycles. The fraction of sp³-hybridized carbons (Fsp3) is 0.143. The smallest absolute Gasteiger partial charge is 0.295 e. The van der Waals surface area contributed by atoms with Crippen LogP contribution in [0, 0.1) is 21.7 Å². The maximum Gasteiger partial charge on any atom is 0.295 e. The van der Waals surface area contributed by atoms with Gasteiger partial charge in [-0.25, -0.2) is 8.78 Å². The van der Waals surface area contributed by atoms with Crippen molar-refractivity contribution in [2.45, 2.75) is 13.0 Å². The monoisotopic (exact) mass is 294 g/mol. The molecule has 0 radical (unpaired) electrons. The molecule has 0 fully saturated rings. The number of aromatic hydroxyl groups is 1. The highest BCUT2D eigenvalue weighted by molar-refractivity contribution is 5.62. The van der Waals surface area contributed by atoms with Gasteiger partial charge in [0, 0.05) is 11.6 Å². The number of anilines is 1. The summed E-state index contributed by atoms with van der Waals surface area (Å²) in [6.07, 6.45) is 0. The Morgan fingerprint density at radius 1 is 1.19 bits per heavy atom. The van der Waals surface area contributed by atoms with Gasteiger partial charge in [0.05, 0.1) is 17.0 Å². The first-order valence-electron chi connectivity index (χ1n) is 6.07. The highest BCUT2D eigenvalue weighted by Gasteiger charge is 2.18. The van der Waals surface area contributed by atoms with Crippen molar-refractivity contribution in [2.24, 2.45) is 0 Å². The van der Waals surface area contributed by atoms with Crippen LogP contribution in [0.1, 0.15) is 18.5 Å². The fourth-order valence-electron chi connectivity index (χ4n) is 1.97. The molecule has 0 saturated carbocycles. The SMILES string of the molecule is CC(Nc1ccc(F)cc1[N+](=O)[O-])c1ccc(F)cc1O. The molecule has 0 spiro atoms. The third-order valence-electron chi connectivity index (χ3n) is 2.99. The lowest BCUT2D eigenvalue weighted by molar-refractivity contribution is -0.384. The van der Waals surface area contributed by atoms with E-state index in [2.05, 4.69) is 5.32 Å². The van der Waals surface area contributed by atoms with Crippen molar-refractivity contribution in [1.82, 2.24) is 0 Å². The second kappa shape index (κ2) is 5.74. The number of benzene rings is 2. The largest absolute Gasteiger partial charge is 0.507 e. The van der Waals surface area contributed by atoms with E-state index in [0.29, 0.717) is 5.56 Å². The minimum atomic E-state index is -0.718. The van der Waals surface area contributed by atoms with Gasteiger partial charge in [-0.3, -0.25) is 10.1 Å². The number of phenols is 1. The number of halogens is 2. The van der Waals surface area contributed by atoms with Crippen molar-refractivity contribution >= 4 is 11.4 Å². The Hall–Kier alpha value is -2.70. The Morgan fingerprint density at radius 2 is 1.81 bits per heavy atom. The summed E-state index contributed by atoms with van der Waals surface area (Å²) in [6, 6.07) is 6.10. The molecule has 0 amide bonds. The van der Waals surface area contributed by atoms with Gasteiger partial charge in [0.1, 0.15) is 23.1 Å². The summed E-state index contributed by atoms with van der Waals surface area (Å²) >= 11 is 0. The number of nitro groups is 1. The van der Waals surface area contributed by atoms with Gasteiger partial charge in [0.15, 0.2) is 0 Å². The van der Waals surface area contributed by atoms with Gasteiger partial charge in [-0.05, 0) is 25.1 Å². The van der Waals surface area contributed by atoms with Crippen LogP contribution in [0.5, 0.6) is 5.75 Å². The first-order valence-corrected chi connectivity index (χ1v) is 6.07. The van der Waals surface area contributed by atoms with Crippen LogP contribution in [-0.2, 0) is 0 Å². The van der Waals surface area contributed by atoms with E-state index in [1.165, 1.54) is 18.2 Å². The predicted octanol–water partition coefficient (Wildman–Crippen LogP) is 3.75. The molecular weight excluding hydrogens is 282 g/mol. The highest BCUT2D eigenvalue weighted by Crippen LogP contribution is 2.31. The number of phenolic OH excluding ortho intramolecular Hbond substituents is 1. The van der Waals surface area contributed by atoms with Crippen LogP contribution in [0.2, 0.25) is 0 Å². The zero-order valence-electron chi connectivity index (χ0n) is 11.0. The zero-order valence-corrected chi connectivity index (χ0v) is 11.0. The highest BCUT2D eigenvalue weighted by atomic mass is 19.1. The van der Waals surface area contributed by atoms with Gasteiger partial charge >= 0.3 is 0 Å². The minimum absolute atomic E-state index is 0.109. The summed E-state index contributed by atoms with van der Waals surface area (Å²) in [5.41, 5.74) is 0.0658. The summed E-state index contributed by atoms with van der Waals surface area (Å²) < 4.78 is 26.0. The molecule has 1 unspecified atom stereocenters. The van der Waals surface area contributed by atoms with Crippen molar-refractivity contribution in [3.05, 3.63) is 63.7 Å². The van der Waals surface area contributed by atoms with Crippen molar-refractivity contribution in [3.63, 3.8) is 0 Å². The Bertz CT molecular complexity index is 692. The molecule has 110 valence electrons. The maximum absolute atomic E-state index is 13.1. The lowest BCUT2D eigenvalue weighted by Gasteiger charge is -2.17. The summed E-state index contributed by atoms with van der Waals surface area (Å²) in [6.45, 7) is 1.64. The van der Waals surface area contributed by atoms with Gasteiger partial charge < -0.3 is 10.4 Å². The summed E-state index contributed by atoms with van der Waals surface area (Å²) in [5.74, 6) is -1.57. The Labute approximate surface area is 119 Å². The van der Waals surface area contributed by atoms with E-state index in [9.17, 15) is 24.0 Å². The number of hydrogen-bond donors (Lipinski definition) is 2. The predicted molar refractivity (Wildman–Crippen MR) is 73.2 cm³/mol.